The van der Waals surface area contributed by atoms with Gasteiger partial charge in [0.15, 0.2) is 0 Å². The molecule has 2 rings (SSSR count). The van der Waals surface area contributed by atoms with Crippen molar-refractivity contribution in [3.05, 3.63) is 18.1 Å². The van der Waals surface area contributed by atoms with Gasteiger partial charge in [0.05, 0.1) is 0 Å². The Morgan fingerprint density at radius 2 is 2.06 bits per heavy atom. The molecule has 0 saturated carbocycles. The predicted octanol–water partition coefficient (Wildman–Crippen LogP) is 1.81. The van der Waals surface area contributed by atoms with Crippen molar-refractivity contribution in [1.82, 2.24) is 9.97 Å². The Labute approximate surface area is 103 Å². The molecule has 1 N–H and O–H groups in total. The summed E-state index contributed by atoms with van der Waals surface area (Å²) in [5.74, 6) is 1.93. The van der Waals surface area contributed by atoms with E-state index in [0.29, 0.717) is 18.4 Å². The number of aromatic nitrogens is 2. The number of hydrogen-bond acceptors (Lipinski definition) is 4. The standard InChI is InChI=1S/C13H21N3O/c1-10(2)12-7-13(15-9-14-12)16-5-3-11(8-17)4-6-16/h7,9-11,17H,3-6,8H2,1-2H3. The Morgan fingerprint density at radius 1 is 1.35 bits per heavy atom. The van der Waals surface area contributed by atoms with Gasteiger partial charge in [-0.15, -0.1) is 0 Å². The maximum absolute atomic E-state index is 9.12. The zero-order valence-electron chi connectivity index (χ0n) is 10.6. The van der Waals surface area contributed by atoms with Crippen molar-refractivity contribution >= 4 is 5.82 Å². The van der Waals surface area contributed by atoms with Gasteiger partial charge >= 0.3 is 0 Å². The van der Waals surface area contributed by atoms with Gasteiger partial charge in [-0.3, -0.25) is 0 Å². The minimum Gasteiger partial charge on any atom is -0.396 e. The normalized spacial score (nSPS) is 17.8. The second-order valence-electron chi connectivity index (χ2n) is 5.07. The highest BCUT2D eigenvalue weighted by atomic mass is 16.3. The lowest BCUT2D eigenvalue weighted by molar-refractivity contribution is 0.203. The maximum atomic E-state index is 9.12. The van der Waals surface area contributed by atoms with Crippen molar-refractivity contribution in [3.8, 4) is 0 Å². The summed E-state index contributed by atoms with van der Waals surface area (Å²) in [4.78, 5) is 10.9. The third-order valence-corrected chi connectivity index (χ3v) is 3.46. The molecule has 1 saturated heterocycles. The van der Waals surface area contributed by atoms with Crippen LogP contribution in [0.4, 0.5) is 5.82 Å². The highest BCUT2D eigenvalue weighted by Crippen LogP contribution is 2.23. The van der Waals surface area contributed by atoms with Gasteiger partial charge in [-0.25, -0.2) is 9.97 Å². The van der Waals surface area contributed by atoms with Crippen LogP contribution in [0.5, 0.6) is 0 Å². The first-order valence-electron chi connectivity index (χ1n) is 6.38. The molecule has 17 heavy (non-hydrogen) atoms. The maximum Gasteiger partial charge on any atom is 0.132 e. The molecule has 0 aliphatic carbocycles. The quantitative estimate of drug-likeness (QED) is 0.868. The number of nitrogens with zero attached hydrogens (tertiary/aromatic N) is 3. The summed E-state index contributed by atoms with van der Waals surface area (Å²) in [5.41, 5.74) is 1.10. The Bertz CT molecular complexity index is 359. The molecule has 4 heteroatoms. The molecule has 0 spiro atoms. The molecule has 0 unspecified atom stereocenters. The molecule has 0 amide bonds. The van der Waals surface area contributed by atoms with Gasteiger partial charge in [-0.2, -0.15) is 0 Å². The van der Waals surface area contributed by atoms with Crippen molar-refractivity contribution in [2.75, 3.05) is 24.6 Å². The Balaban J connectivity index is 2.05. The van der Waals surface area contributed by atoms with Gasteiger partial charge in [-0.05, 0) is 24.7 Å². The predicted molar refractivity (Wildman–Crippen MR) is 68.1 cm³/mol. The molecule has 1 aromatic heterocycles. The van der Waals surface area contributed by atoms with Crippen molar-refractivity contribution in [3.63, 3.8) is 0 Å². The van der Waals surface area contributed by atoms with E-state index in [2.05, 4.69) is 34.8 Å². The summed E-state index contributed by atoms with van der Waals surface area (Å²) < 4.78 is 0. The average Bonchev–Trinajstić information content (AvgIpc) is 2.39. The molecule has 94 valence electrons. The van der Waals surface area contributed by atoms with Crippen molar-refractivity contribution in [2.24, 2.45) is 5.92 Å². The van der Waals surface area contributed by atoms with Crippen LogP contribution in [0, 0.1) is 5.92 Å². The Morgan fingerprint density at radius 3 is 2.65 bits per heavy atom. The molecule has 1 aromatic rings. The van der Waals surface area contributed by atoms with Crippen LogP contribution in [0.25, 0.3) is 0 Å². The van der Waals surface area contributed by atoms with Crippen LogP contribution < -0.4 is 4.90 Å². The molecule has 1 aliphatic heterocycles. The summed E-state index contributed by atoms with van der Waals surface area (Å²) >= 11 is 0. The smallest absolute Gasteiger partial charge is 0.132 e. The molecule has 1 aliphatic rings. The van der Waals surface area contributed by atoms with E-state index in [1.165, 1.54) is 0 Å². The summed E-state index contributed by atoms with van der Waals surface area (Å²) in [6.07, 6.45) is 3.76. The number of aliphatic hydroxyl groups is 1. The first-order chi connectivity index (χ1) is 8.20. The molecule has 4 nitrogen and oxygen atoms in total. The molecule has 1 fully saturated rings. The van der Waals surface area contributed by atoms with Gasteiger partial charge in [-0.1, -0.05) is 13.8 Å². The van der Waals surface area contributed by atoms with E-state index in [4.69, 9.17) is 5.11 Å². The van der Waals surface area contributed by atoms with E-state index < -0.39 is 0 Å². The zero-order chi connectivity index (χ0) is 12.3. The topological polar surface area (TPSA) is 49.2 Å². The highest BCUT2D eigenvalue weighted by Gasteiger charge is 2.19. The third-order valence-electron chi connectivity index (χ3n) is 3.46. The van der Waals surface area contributed by atoms with Crippen molar-refractivity contribution in [2.45, 2.75) is 32.6 Å². The molecule has 0 atom stereocenters. The zero-order valence-corrected chi connectivity index (χ0v) is 10.6. The molecule has 0 aromatic carbocycles. The lowest BCUT2D eigenvalue weighted by atomic mass is 9.98. The summed E-state index contributed by atoms with van der Waals surface area (Å²) in [7, 11) is 0. The molecule has 0 radical (unpaired) electrons. The fourth-order valence-corrected chi connectivity index (χ4v) is 2.19. The Kier molecular flexibility index (Phi) is 3.94. The fourth-order valence-electron chi connectivity index (χ4n) is 2.19. The second-order valence-corrected chi connectivity index (χ2v) is 5.07. The van der Waals surface area contributed by atoms with E-state index in [9.17, 15) is 0 Å². The van der Waals surface area contributed by atoms with Crippen LogP contribution in [0.3, 0.4) is 0 Å². The minimum absolute atomic E-state index is 0.314. The molecular weight excluding hydrogens is 214 g/mol. The van der Waals surface area contributed by atoms with Gasteiger partial charge in [0.2, 0.25) is 0 Å². The van der Waals surface area contributed by atoms with Crippen LogP contribution >= 0.6 is 0 Å². The lowest BCUT2D eigenvalue weighted by Gasteiger charge is -2.32. The van der Waals surface area contributed by atoms with E-state index in [1.807, 2.05) is 0 Å². The molecule has 2 heterocycles. The average molecular weight is 235 g/mol. The molecule has 0 bridgehead atoms. The summed E-state index contributed by atoms with van der Waals surface area (Å²) in [5, 5.41) is 9.12. The molecular formula is C13H21N3O. The van der Waals surface area contributed by atoms with Crippen LogP contribution in [0.2, 0.25) is 0 Å². The lowest BCUT2D eigenvalue weighted by Crippen LogP contribution is -2.35. The van der Waals surface area contributed by atoms with Crippen molar-refractivity contribution in [1.29, 1.82) is 0 Å². The first kappa shape index (κ1) is 12.3. The van der Waals surface area contributed by atoms with E-state index in [-0.39, 0.29) is 0 Å². The summed E-state index contributed by atoms with van der Waals surface area (Å²) in [6, 6.07) is 2.09. The fraction of sp³-hybridized carbons (Fsp3) is 0.692. The van der Waals surface area contributed by atoms with Crippen molar-refractivity contribution < 1.29 is 5.11 Å². The van der Waals surface area contributed by atoms with Gasteiger partial charge in [0.25, 0.3) is 0 Å². The van der Waals surface area contributed by atoms with Gasteiger partial charge in [0, 0.05) is 31.5 Å². The minimum atomic E-state index is 0.314. The SMILES string of the molecule is CC(C)c1cc(N2CCC(CO)CC2)ncn1. The highest BCUT2D eigenvalue weighted by molar-refractivity contribution is 5.39. The number of anilines is 1. The number of aliphatic hydroxyl groups excluding tert-OH is 1. The second kappa shape index (κ2) is 5.45. The van der Waals surface area contributed by atoms with Crippen LogP contribution in [-0.2, 0) is 0 Å². The number of hydrogen-bond donors (Lipinski definition) is 1. The van der Waals surface area contributed by atoms with Gasteiger partial charge in [0.1, 0.15) is 12.1 Å². The largest absolute Gasteiger partial charge is 0.396 e. The van der Waals surface area contributed by atoms with Crippen LogP contribution in [0.15, 0.2) is 12.4 Å². The van der Waals surface area contributed by atoms with E-state index in [0.717, 1.165) is 37.4 Å². The van der Waals surface area contributed by atoms with Gasteiger partial charge < -0.3 is 10.0 Å². The first-order valence-corrected chi connectivity index (χ1v) is 6.38. The third kappa shape index (κ3) is 2.94. The Hall–Kier alpha value is -1.16. The van der Waals surface area contributed by atoms with E-state index >= 15 is 0 Å². The van der Waals surface area contributed by atoms with E-state index in [1.54, 1.807) is 6.33 Å². The number of piperidine rings is 1. The number of rotatable bonds is 3. The van der Waals surface area contributed by atoms with Crippen LogP contribution in [0.1, 0.15) is 38.3 Å². The van der Waals surface area contributed by atoms with Crippen LogP contribution in [-0.4, -0.2) is 34.8 Å². The monoisotopic (exact) mass is 235 g/mol. The summed E-state index contributed by atoms with van der Waals surface area (Å²) in [6.45, 7) is 6.57.